The molecule has 134 valence electrons. The van der Waals surface area contributed by atoms with Gasteiger partial charge in [-0.05, 0) is 79.4 Å². The summed E-state index contributed by atoms with van der Waals surface area (Å²) in [6.45, 7) is 9.18. The van der Waals surface area contributed by atoms with Gasteiger partial charge < -0.3 is 10.2 Å². The van der Waals surface area contributed by atoms with Gasteiger partial charge in [-0.1, -0.05) is 26.0 Å². The molecule has 2 N–H and O–H groups in total. The fraction of sp³-hybridized carbons (Fsp3) is 0.857. The maximum absolute atomic E-state index is 10.1. The second kappa shape index (κ2) is 6.46. The van der Waals surface area contributed by atoms with E-state index in [-0.39, 0.29) is 29.5 Å². The lowest BCUT2D eigenvalue weighted by Gasteiger charge is -2.56. The molecule has 0 aromatic rings. The molecular formula is C21H33NO2. The van der Waals surface area contributed by atoms with E-state index < -0.39 is 0 Å². The molecule has 0 aliphatic heterocycles. The lowest BCUT2D eigenvalue weighted by Crippen LogP contribution is -2.51. The third-order valence-corrected chi connectivity index (χ3v) is 8.29. The summed E-state index contributed by atoms with van der Waals surface area (Å²) in [6.07, 6.45) is 7.42. The largest absolute Gasteiger partial charge is 0.396 e. The fourth-order valence-corrected chi connectivity index (χ4v) is 6.57. The molecule has 24 heavy (non-hydrogen) atoms. The molecule has 0 saturated heterocycles. The number of hydrogen-bond donors (Lipinski definition) is 2. The SMILES string of the molecule is C=C1CCC2C(CC#N)C(C3(C)CCC(O)CC3CO)CCC12C. The highest BCUT2D eigenvalue weighted by Gasteiger charge is 2.56. The second-order valence-electron chi connectivity index (χ2n) is 9.15. The van der Waals surface area contributed by atoms with Crippen LogP contribution in [0.5, 0.6) is 0 Å². The zero-order chi connectivity index (χ0) is 17.5. The minimum absolute atomic E-state index is 0.0424. The van der Waals surface area contributed by atoms with E-state index in [1.54, 1.807) is 0 Å². The van der Waals surface area contributed by atoms with Gasteiger partial charge in [0.15, 0.2) is 0 Å². The van der Waals surface area contributed by atoms with Gasteiger partial charge in [0, 0.05) is 13.0 Å². The highest BCUT2D eigenvalue weighted by atomic mass is 16.3. The Morgan fingerprint density at radius 1 is 1.21 bits per heavy atom. The first-order valence-electron chi connectivity index (χ1n) is 9.71. The second-order valence-corrected chi connectivity index (χ2v) is 9.15. The Bertz CT molecular complexity index is 538. The van der Waals surface area contributed by atoms with E-state index in [0.29, 0.717) is 30.6 Å². The molecule has 0 aromatic carbocycles. The molecule has 3 saturated carbocycles. The zero-order valence-electron chi connectivity index (χ0n) is 15.3. The summed E-state index contributed by atoms with van der Waals surface area (Å²) in [5.41, 5.74) is 1.63. The Morgan fingerprint density at radius 3 is 2.62 bits per heavy atom. The van der Waals surface area contributed by atoms with Gasteiger partial charge in [0.1, 0.15) is 0 Å². The van der Waals surface area contributed by atoms with Crippen molar-refractivity contribution in [1.29, 1.82) is 5.26 Å². The first-order chi connectivity index (χ1) is 11.4. The van der Waals surface area contributed by atoms with E-state index in [9.17, 15) is 15.5 Å². The topological polar surface area (TPSA) is 64.2 Å². The lowest BCUT2D eigenvalue weighted by molar-refractivity contribution is -0.0928. The van der Waals surface area contributed by atoms with Gasteiger partial charge in [0.05, 0.1) is 12.2 Å². The molecule has 0 radical (unpaired) electrons. The lowest BCUT2D eigenvalue weighted by atomic mass is 9.49. The van der Waals surface area contributed by atoms with Crippen molar-refractivity contribution in [2.75, 3.05) is 6.61 Å². The molecule has 0 spiro atoms. The Hall–Kier alpha value is -0.850. The number of nitriles is 1. The van der Waals surface area contributed by atoms with Crippen LogP contribution < -0.4 is 0 Å². The monoisotopic (exact) mass is 331 g/mol. The molecule has 3 fully saturated rings. The van der Waals surface area contributed by atoms with Crippen LogP contribution in [0, 0.1) is 45.8 Å². The quantitative estimate of drug-likeness (QED) is 0.767. The van der Waals surface area contributed by atoms with Crippen molar-refractivity contribution in [2.24, 2.45) is 34.5 Å². The van der Waals surface area contributed by atoms with Crippen LogP contribution in [0.2, 0.25) is 0 Å². The minimum atomic E-state index is -0.273. The van der Waals surface area contributed by atoms with Gasteiger partial charge in [0.25, 0.3) is 0 Å². The molecule has 7 unspecified atom stereocenters. The van der Waals surface area contributed by atoms with Crippen molar-refractivity contribution in [3.05, 3.63) is 12.2 Å². The van der Waals surface area contributed by atoms with Crippen molar-refractivity contribution in [2.45, 2.75) is 71.3 Å². The Kier molecular flexibility index (Phi) is 4.84. The number of nitrogens with zero attached hydrogens (tertiary/aromatic N) is 1. The van der Waals surface area contributed by atoms with Gasteiger partial charge in [-0.2, -0.15) is 5.26 Å². The van der Waals surface area contributed by atoms with E-state index in [4.69, 9.17) is 0 Å². The maximum atomic E-state index is 10.1. The van der Waals surface area contributed by atoms with E-state index in [1.165, 1.54) is 18.4 Å². The molecule has 3 rings (SSSR count). The van der Waals surface area contributed by atoms with Gasteiger partial charge in [-0.25, -0.2) is 0 Å². The predicted octanol–water partition coefficient (Wildman–Crippen LogP) is 4.06. The van der Waals surface area contributed by atoms with Crippen LogP contribution in [0.15, 0.2) is 12.2 Å². The van der Waals surface area contributed by atoms with E-state index >= 15 is 0 Å². The van der Waals surface area contributed by atoms with Crippen molar-refractivity contribution < 1.29 is 10.2 Å². The number of aliphatic hydroxyl groups excluding tert-OH is 2. The van der Waals surface area contributed by atoms with E-state index in [0.717, 1.165) is 25.7 Å². The molecule has 3 nitrogen and oxygen atoms in total. The normalized spacial score (nSPS) is 48.8. The molecule has 7 atom stereocenters. The highest BCUT2D eigenvalue weighted by molar-refractivity contribution is 5.21. The molecule has 3 heteroatoms. The Morgan fingerprint density at radius 2 is 1.96 bits per heavy atom. The first-order valence-corrected chi connectivity index (χ1v) is 9.71. The van der Waals surface area contributed by atoms with E-state index in [1.807, 2.05) is 0 Å². The minimum Gasteiger partial charge on any atom is -0.396 e. The first kappa shape index (κ1) is 18.0. The van der Waals surface area contributed by atoms with Crippen LogP contribution in [0.1, 0.15) is 65.2 Å². The van der Waals surface area contributed by atoms with Crippen LogP contribution in [-0.2, 0) is 0 Å². The number of rotatable bonds is 3. The molecule has 0 bridgehead atoms. The summed E-state index contributed by atoms with van der Waals surface area (Å²) in [5.74, 6) is 1.60. The summed E-state index contributed by atoms with van der Waals surface area (Å²) in [7, 11) is 0. The summed E-state index contributed by atoms with van der Waals surface area (Å²) >= 11 is 0. The highest BCUT2D eigenvalue weighted by Crippen LogP contribution is 2.64. The van der Waals surface area contributed by atoms with Crippen LogP contribution in [0.3, 0.4) is 0 Å². The average molecular weight is 332 g/mol. The average Bonchev–Trinajstić information content (AvgIpc) is 2.86. The van der Waals surface area contributed by atoms with Crippen molar-refractivity contribution >= 4 is 0 Å². The Balaban J connectivity index is 1.92. The number of allylic oxidation sites excluding steroid dienone is 1. The predicted molar refractivity (Wildman–Crippen MR) is 95.0 cm³/mol. The van der Waals surface area contributed by atoms with Crippen LogP contribution >= 0.6 is 0 Å². The van der Waals surface area contributed by atoms with Gasteiger partial charge in [0.2, 0.25) is 0 Å². The summed E-state index contributed by atoms with van der Waals surface area (Å²) < 4.78 is 0. The summed E-state index contributed by atoms with van der Waals surface area (Å²) in [5, 5.41) is 29.5. The molecular weight excluding hydrogens is 298 g/mol. The van der Waals surface area contributed by atoms with Crippen molar-refractivity contribution in [1.82, 2.24) is 0 Å². The molecule has 0 amide bonds. The summed E-state index contributed by atoms with van der Waals surface area (Å²) in [4.78, 5) is 0. The van der Waals surface area contributed by atoms with Crippen LogP contribution in [0.4, 0.5) is 0 Å². The smallest absolute Gasteiger partial charge is 0.0624 e. The molecule has 3 aliphatic rings. The van der Waals surface area contributed by atoms with Gasteiger partial charge in [-0.15, -0.1) is 0 Å². The van der Waals surface area contributed by atoms with Gasteiger partial charge >= 0.3 is 0 Å². The van der Waals surface area contributed by atoms with Gasteiger partial charge in [-0.3, -0.25) is 0 Å². The van der Waals surface area contributed by atoms with Crippen molar-refractivity contribution in [3.8, 4) is 6.07 Å². The van der Waals surface area contributed by atoms with Crippen molar-refractivity contribution in [3.63, 3.8) is 0 Å². The standard InChI is InChI=1S/C21H33NO2/c1-14-4-5-18-17(8-11-22)19(7-10-20(14,18)2)21(3)9-6-16(24)12-15(21)13-23/h15-19,23-24H,1,4-10,12-13H2,2-3H3. The molecule has 0 aromatic heterocycles. The third-order valence-electron chi connectivity index (χ3n) is 8.29. The number of aliphatic hydroxyl groups is 2. The third kappa shape index (κ3) is 2.63. The molecule has 3 aliphatic carbocycles. The van der Waals surface area contributed by atoms with Crippen LogP contribution in [0.25, 0.3) is 0 Å². The molecule has 0 heterocycles. The summed E-state index contributed by atoms with van der Waals surface area (Å²) in [6, 6.07) is 2.47. The zero-order valence-corrected chi connectivity index (χ0v) is 15.3. The van der Waals surface area contributed by atoms with E-state index in [2.05, 4.69) is 26.5 Å². The van der Waals surface area contributed by atoms with Crippen LogP contribution in [-0.4, -0.2) is 22.9 Å². The number of hydrogen-bond acceptors (Lipinski definition) is 3. The maximum Gasteiger partial charge on any atom is 0.0624 e. The number of fused-ring (bicyclic) bond motifs is 1. The Labute approximate surface area is 146 Å². The fourth-order valence-electron chi connectivity index (χ4n) is 6.57.